The summed E-state index contributed by atoms with van der Waals surface area (Å²) in [5.41, 5.74) is 9.91. The maximum Gasteiger partial charge on any atom is 0.248 e. The van der Waals surface area contributed by atoms with Crippen LogP contribution < -0.4 is 11.1 Å². The van der Waals surface area contributed by atoms with Gasteiger partial charge in [0, 0.05) is 23.7 Å². The number of amides is 1. The molecular formula is C23H29N5O. The highest BCUT2D eigenvalue weighted by Crippen LogP contribution is 2.27. The normalized spacial score (nSPS) is 11.2. The monoisotopic (exact) mass is 391 g/mol. The summed E-state index contributed by atoms with van der Waals surface area (Å²) in [7, 11) is 0. The second-order valence-corrected chi connectivity index (χ2v) is 7.17. The Kier molecular flexibility index (Phi) is 6.77. The number of aryl methyl sites for hydroxylation is 1. The quantitative estimate of drug-likeness (QED) is 0.541. The number of rotatable bonds is 9. The first-order chi connectivity index (χ1) is 14.0. The molecule has 3 N–H and O–H groups in total. The Labute approximate surface area is 172 Å². The van der Waals surface area contributed by atoms with Crippen LogP contribution >= 0.6 is 0 Å². The Morgan fingerprint density at radius 1 is 1.14 bits per heavy atom. The van der Waals surface area contributed by atoms with E-state index in [1.807, 2.05) is 43.5 Å². The second-order valence-electron chi connectivity index (χ2n) is 7.17. The zero-order valence-electron chi connectivity index (χ0n) is 17.4. The van der Waals surface area contributed by atoms with E-state index in [1.165, 1.54) is 0 Å². The number of carbonyl (C=O) groups is 1. The average molecular weight is 392 g/mol. The predicted octanol–water partition coefficient (Wildman–Crippen LogP) is 3.85. The average Bonchev–Trinajstić information content (AvgIpc) is 2.73. The van der Waals surface area contributed by atoms with E-state index in [4.69, 9.17) is 5.73 Å². The van der Waals surface area contributed by atoms with Crippen molar-refractivity contribution >= 4 is 22.8 Å². The van der Waals surface area contributed by atoms with Crippen LogP contribution in [0.2, 0.25) is 0 Å². The number of nitrogens with one attached hydrogen (secondary N) is 1. The highest BCUT2D eigenvalue weighted by atomic mass is 16.1. The van der Waals surface area contributed by atoms with Crippen molar-refractivity contribution in [2.75, 3.05) is 31.5 Å². The molecule has 6 heteroatoms. The van der Waals surface area contributed by atoms with Gasteiger partial charge in [0.2, 0.25) is 11.9 Å². The maximum atomic E-state index is 11.5. The molecule has 6 nitrogen and oxygen atoms in total. The summed E-state index contributed by atoms with van der Waals surface area (Å²) >= 11 is 0. The van der Waals surface area contributed by atoms with E-state index in [9.17, 15) is 4.79 Å². The van der Waals surface area contributed by atoms with E-state index in [0.717, 1.165) is 60.2 Å². The lowest BCUT2D eigenvalue weighted by molar-refractivity contribution is 0.100. The van der Waals surface area contributed by atoms with Crippen molar-refractivity contribution in [2.45, 2.75) is 27.2 Å². The smallest absolute Gasteiger partial charge is 0.248 e. The van der Waals surface area contributed by atoms with Crippen molar-refractivity contribution in [2.24, 2.45) is 5.73 Å². The third-order valence-electron chi connectivity index (χ3n) is 5.24. The van der Waals surface area contributed by atoms with Crippen LogP contribution in [0.5, 0.6) is 0 Å². The number of nitrogens with zero attached hydrogens (tertiary/aromatic N) is 3. The Morgan fingerprint density at radius 3 is 2.66 bits per heavy atom. The molecule has 0 saturated heterocycles. The summed E-state index contributed by atoms with van der Waals surface area (Å²) < 4.78 is 0. The highest BCUT2D eigenvalue weighted by Gasteiger charge is 2.09. The molecule has 1 heterocycles. The fourth-order valence-corrected chi connectivity index (χ4v) is 3.42. The lowest BCUT2D eigenvalue weighted by Crippen LogP contribution is -2.25. The van der Waals surface area contributed by atoms with E-state index >= 15 is 0 Å². The van der Waals surface area contributed by atoms with Crippen LogP contribution in [0, 0.1) is 6.92 Å². The SMILES string of the molecule is CCN(CC)CCCNc1ncc2cc(-c3cc(C(N)=O)ccc3C)ccc2n1. The van der Waals surface area contributed by atoms with Gasteiger partial charge < -0.3 is 16.0 Å². The third-order valence-corrected chi connectivity index (χ3v) is 5.24. The molecule has 0 aliphatic heterocycles. The van der Waals surface area contributed by atoms with Crippen molar-refractivity contribution in [1.29, 1.82) is 0 Å². The molecule has 3 aromatic rings. The Morgan fingerprint density at radius 2 is 1.93 bits per heavy atom. The molecule has 1 aromatic heterocycles. The largest absolute Gasteiger partial charge is 0.366 e. The number of primary amides is 1. The van der Waals surface area contributed by atoms with Gasteiger partial charge in [-0.05, 0) is 73.9 Å². The molecule has 0 bridgehead atoms. The number of hydrogen-bond acceptors (Lipinski definition) is 5. The summed E-state index contributed by atoms with van der Waals surface area (Å²) in [6.45, 7) is 10.5. The molecule has 0 saturated carbocycles. The highest BCUT2D eigenvalue weighted by molar-refractivity contribution is 5.95. The maximum absolute atomic E-state index is 11.5. The first kappa shape index (κ1) is 20.7. The Bertz CT molecular complexity index is 998. The van der Waals surface area contributed by atoms with Gasteiger partial charge in [-0.1, -0.05) is 26.0 Å². The minimum atomic E-state index is -0.424. The van der Waals surface area contributed by atoms with Crippen LogP contribution in [0.25, 0.3) is 22.0 Å². The topological polar surface area (TPSA) is 84.1 Å². The van der Waals surface area contributed by atoms with Crippen molar-refractivity contribution < 1.29 is 4.79 Å². The second kappa shape index (κ2) is 9.47. The standard InChI is InChI=1S/C23H29N5O/c1-4-28(5-2)12-6-11-25-23-26-15-19-13-17(9-10-21(19)27-23)20-14-18(22(24)29)8-7-16(20)3/h7-10,13-15H,4-6,11-12H2,1-3H3,(H2,24,29)(H,25,26,27). The van der Waals surface area contributed by atoms with Crippen molar-refractivity contribution in [1.82, 2.24) is 14.9 Å². The number of carbonyl (C=O) groups excluding carboxylic acids is 1. The summed E-state index contributed by atoms with van der Waals surface area (Å²) in [6.07, 6.45) is 2.89. The van der Waals surface area contributed by atoms with Crippen LogP contribution in [0.3, 0.4) is 0 Å². The first-order valence-corrected chi connectivity index (χ1v) is 10.2. The molecule has 0 aliphatic rings. The molecule has 0 unspecified atom stereocenters. The van der Waals surface area contributed by atoms with Gasteiger partial charge in [-0.3, -0.25) is 4.79 Å². The van der Waals surface area contributed by atoms with Gasteiger partial charge in [-0.25, -0.2) is 9.97 Å². The predicted molar refractivity (Wildman–Crippen MR) is 119 cm³/mol. The number of nitrogens with two attached hydrogens (primary N) is 1. The van der Waals surface area contributed by atoms with Crippen LogP contribution in [-0.4, -0.2) is 47.0 Å². The van der Waals surface area contributed by atoms with Gasteiger partial charge in [0.25, 0.3) is 0 Å². The van der Waals surface area contributed by atoms with Crippen LogP contribution in [-0.2, 0) is 0 Å². The summed E-state index contributed by atoms with van der Waals surface area (Å²) in [4.78, 5) is 23.0. The molecule has 29 heavy (non-hydrogen) atoms. The van der Waals surface area contributed by atoms with Gasteiger partial charge in [0.15, 0.2) is 0 Å². The molecule has 152 valence electrons. The number of benzene rings is 2. The fraction of sp³-hybridized carbons (Fsp3) is 0.348. The van der Waals surface area contributed by atoms with E-state index < -0.39 is 5.91 Å². The van der Waals surface area contributed by atoms with Gasteiger partial charge in [-0.15, -0.1) is 0 Å². The Balaban J connectivity index is 1.75. The van der Waals surface area contributed by atoms with E-state index in [0.29, 0.717) is 11.5 Å². The first-order valence-electron chi connectivity index (χ1n) is 10.2. The lowest BCUT2D eigenvalue weighted by atomic mass is 9.97. The van der Waals surface area contributed by atoms with Crippen molar-refractivity contribution in [3.8, 4) is 11.1 Å². The molecule has 2 aromatic carbocycles. The Hall–Kier alpha value is -2.99. The van der Waals surface area contributed by atoms with E-state index in [2.05, 4.69) is 34.0 Å². The van der Waals surface area contributed by atoms with Gasteiger partial charge in [0.1, 0.15) is 0 Å². The van der Waals surface area contributed by atoms with Gasteiger partial charge in [0.05, 0.1) is 5.52 Å². The lowest BCUT2D eigenvalue weighted by Gasteiger charge is -2.17. The number of fused-ring (bicyclic) bond motifs is 1. The zero-order valence-corrected chi connectivity index (χ0v) is 17.4. The molecular weight excluding hydrogens is 362 g/mol. The van der Waals surface area contributed by atoms with Crippen LogP contribution in [0.15, 0.2) is 42.6 Å². The molecule has 0 aliphatic carbocycles. The minimum Gasteiger partial charge on any atom is -0.366 e. The minimum absolute atomic E-state index is 0.424. The van der Waals surface area contributed by atoms with Crippen LogP contribution in [0.4, 0.5) is 5.95 Å². The number of anilines is 1. The fourth-order valence-electron chi connectivity index (χ4n) is 3.42. The summed E-state index contributed by atoms with van der Waals surface area (Å²) in [6, 6.07) is 11.6. The molecule has 0 fully saturated rings. The molecule has 0 atom stereocenters. The molecule has 1 amide bonds. The number of aromatic nitrogens is 2. The summed E-state index contributed by atoms with van der Waals surface area (Å²) in [5, 5.41) is 4.27. The summed E-state index contributed by atoms with van der Waals surface area (Å²) in [5.74, 6) is 0.226. The zero-order chi connectivity index (χ0) is 20.8. The molecule has 3 rings (SSSR count). The van der Waals surface area contributed by atoms with Crippen molar-refractivity contribution in [3.63, 3.8) is 0 Å². The third kappa shape index (κ3) is 5.09. The molecule has 0 radical (unpaired) electrons. The van der Waals surface area contributed by atoms with Gasteiger partial charge >= 0.3 is 0 Å². The van der Waals surface area contributed by atoms with Gasteiger partial charge in [-0.2, -0.15) is 0 Å². The van der Waals surface area contributed by atoms with E-state index in [1.54, 1.807) is 6.07 Å². The van der Waals surface area contributed by atoms with E-state index in [-0.39, 0.29) is 0 Å². The molecule has 0 spiro atoms. The number of hydrogen-bond donors (Lipinski definition) is 2. The van der Waals surface area contributed by atoms with Crippen LogP contribution in [0.1, 0.15) is 36.2 Å². The van der Waals surface area contributed by atoms with Crippen molar-refractivity contribution in [3.05, 3.63) is 53.7 Å².